The normalized spacial score (nSPS) is 13.6. The Morgan fingerprint density at radius 3 is 2.45 bits per heavy atom. The van der Waals surface area contributed by atoms with Gasteiger partial charge in [-0.05, 0) is 52.8 Å². The van der Waals surface area contributed by atoms with E-state index in [4.69, 9.17) is 4.74 Å². The van der Waals surface area contributed by atoms with Crippen LogP contribution in [0.4, 0.5) is 5.69 Å². The first-order chi connectivity index (χ1) is 13.8. The number of carbonyl (C=O) groups excluding carboxylic acids is 2. The molecule has 1 heterocycles. The quantitative estimate of drug-likeness (QED) is 0.823. The molecule has 0 atom stereocenters. The summed E-state index contributed by atoms with van der Waals surface area (Å²) >= 11 is 0. The first-order valence-corrected chi connectivity index (χ1v) is 10.2. The van der Waals surface area contributed by atoms with Crippen molar-refractivity contribution in [1.82, 2.24) is 4.90 Å². The Balaban J connectivity index is 1.57. The van der Waals surface area contributed by atoms with Gasteiger partial charge in [0, 0.05) is 25.2 Å². The van der Waals surface area contributed by atoms with Crippen LogP contribution >= 0.6 is 0 Å². The minimum atomic E-state index is -0.206. The molecular weight excluding hydrogens is 364 g/mol. The molecule has 2 amide bonds. The summed E-state index contributed by atoms with van der Waals surface area (Å²) in [5.74, 6) is 0.630. The fourth-order valence-corrected chi connectivity index (χ4v) is 3.47. The summed E-state index contributed by atoms with van der Waals surface area (Å²) < 4.78 is 5.62. The monoisotopic (exact) mass is 394 g/mol. The Hall–Kier alpha value is -2.82. The Bertz CT molecular complexity index is 882. The van der Waals surface area contributed by atoms with E-state index in [0.29, 0.717) is 18.7 Å². The molecule has 0 spiro atoms. The van der Waals surface area contributed by atoms with Crippen molar-refractivity contribution in [1.29, 1.82) is 0 Å². The van der Waals surface area contributed by atoms with Gasteiger partial charge in [-0.25, -0.2) is 0 Å². The molecule has 0 aromatic heterocycles. The minimum Gasteiger partial charge on any atom is -0.484 e. The number of rotatable bonds is 5. The molecule has 1 aliphatic heterocycles. The fourth-order valence-electron chi connectivity index (χ4n) is 3.47. The number of ether oxygens (including phenoxy) is 1. The molecular formula is C24H30N2O3. The third-order valence-electron chi connectivity index (χ3n) is 5.25. The molecule has 154 valence electrons. The molecule has 2 aromatic rings. The van der Waals surface area contributed by atoms with Crippen LogP contribution in [-0.2, 0) is 28.0 Å². The lowest BCUT2D eigenvalue weighted by Gasteiger charge is -2.29. The Kier molecular flexibility index (Phi) is 6.26. The van der Waals surface area contributed by atoms with Crippen LogP contribution in [0.1, 0.15) is 50.8 Å². The molecule has 5 nitrogen and oxygen atoms in total. The van der Waals surface area contributed by atoms with Gasteiger partial charge in [0.15, 0.2) is 6.61 Å². The van der Waals surface area contributed by atoms with Crippen molar-refractivity contribution in [2.24, 2.45) is 0 Å². The predicted molar refractivity (Wildman–Crippen MR) is 115 cm³/mol. The molecule has 0 fully saturated rings. The molecule has 1 N–H and O–H groups in total. The van der Waals surface area contributed by atoms with E-state index >= 15 is 0 Å². The van der Waals surface area contributed by atoms with Crippen LogP contribution in [0.3, 0.4) is 0 Å². The first kappa shape index (κ1) is 20.9. The zero-order valence-corrected chi connectivity index (χ0v) is 17.7. The zero-order chi connectivity index (χ0) is 21.0. The molecule has 5 heteroatoms. The summed E-state index contributed by atoms with van der Waals surface area (Å²) in [6.45, 7) is 9.66. The summed E-state index contributed by atoms with van der Waals surface area (Å²) in [5, 5.41) is 2.89. The highest BCUT2D eigenvalue weighted by molar-refractivity contribution is 5.92. The highest BCUT2D eigenvalue weighted by atomic mass is 16.5. The highest BCUT2D eigenvalue weighted by Gasteiger charge is 2.20. The van der Waals surface area contributed by atoms with E-state index in [1.807, 2.05) is 54.3 Å². The van der Waals surface area contributed by atoms with E-state index in [2.05, 4.69) is 26.1 Å². The largest absolute Gasteiger partial charge is 0.484 e. The molecule has 29 heavy (non-hydrogen) atoms. The Morgan fingerprint density at radius 2 is 1.79 bits per heavy atom. The van der Waals surface area contributed by atoms with Gasteiger partial charge in [-0.3, -0.25) is 9.59 Å². The van der Waals surface area contributed by atoms with Crippen molar-refractivity contribution in [2.45, 2.75) is 52.5 Å². The summed E-state index contributed by atoms with van der Waals surface area (Å²) in [5.41, 5.74) is 4.36. The van der Waals surface area contributed by atoms with Gasteiger partial charge >= 0.3 is 0 Å². The van der Waals surface area contributed by atoms with E-state index in [1.54, 1.807) is 0 Å². The van der Waals surface area contributed by atoms with Crippen LogP contribution in [0, 0.1) is 0 Å². The van der Waals surface area contributed by atoms with Crippen molar-refractivity contribution in [2.75, 3.05) is 18.5 Å². The summed E-state index contributed by atoms with van der Waals surface area (Å²) in [6.07, 6.45) is 1.36. The SMILES string of the molecule is CCC(=O)N1CCc2ccc(NC(=O)COc3ccc(C(C)(C)C)cc3)cc2C1. The predicted octanol–water partition coefficient (Wildman–Crippen LogP) is 4.30. The van der Waals surface area contributed by atoms with Crippen LogP contribution in [0.2, 0.25) is 0 Å². The van der Waals surface area contributed by atoms with Crippen molar-refractivity contribution >= 4 is 17.5 Å². The fraction of sp³-hybridized carbons (Fsp3) is 0.417. The number of amides is 2. The number of hydrogen-bond acceptors (Lipinski definition) is 3. The second kappa shape index (κ2) is 8.68. The number of nitrogens with one attached hydrogen (secondary N) is 1. The average Bonchev–Trinajstić information content (AvgIpc) is 2.70. The van der Waals surface area contributed by atoms with Crippen molar-refractivity contribution < 1.29 is 14.3 Å². The first-order valence-electron chi connectivity index (χ1n) is 10.2. The van der Waals surface area contributed by atoms with E-state index < -0.39 is 0 Å². The van der Waals surface area contributed by atoms with Crippen molar-refractivity contribution in [3.05, 3.63) is 59.2 Å². The zero-order valence-electron chi connectivity index (χ0n) is 17.7. The van der Waals surface area contributed by atoms with Gasteiger partial charge in [-0.15, -0.1) is 0 Å². The van der Waals surface area contributed by atoms with E-state index in [9.17, 15) is 9.59 Å². The Morgan fingerprint density at radius 1 is 1.07 bits per heavy atom. The third-order valence-corrected chi connectivity index (χ3v) is 5.25. The standard InChI is InChI=1S/C24H30N2O3/c1-5-23(28)26-13-12-17-6-9-20(14-18(17)15-26)25-22(27)16-29-21-10-7-19(8-11-21)24(2,3)4/h6-11,14H,5,12-13,15-16H2,1-4H3,(H,25,27). The maximum atomic E-state index is 12.3. The van der Waals surface area contributed by atoms with Gasteiger partial charge in [0.05, 0.1) is 0 Å². The van der Waals surface area contributed by atoms with E-state index in [0.717, 1.165) is 24.2 Å². The number of benzene rings is 2. The maximum Gasteiger partial charge on any atom is 0.262 e. The van der Waals surface area contributed by atoms with Gasteiger partial charge in [0.25, 0.3) is 5.91 Å². The molecule has 0 bridgehead atoms. The molecule has 0 saturated carbocycles. The number of hydrogen-bond donors (Lipinski definition) is 1. The molecule has 2 aromatic carbocycles. The van der Waals surface area contributed by atoms with Gasteiger partial charge in [0.2, 0.25) is 5.91 Å². The molecule has 0 radical (unpaired) electrons. The molecule has 0 saturated heterocycles. The van der Waals surface area contributed by atoms with Gasteiger partial charge in [-0.1, -0.05) is 45.9 Å². The number of nitrogens with zero attached hydrogens (tertiary/aromatic N) is 1. The van der Waals surface area contributed by atoms with Crippen LogP contribution in [-0.4, -0.2) is 29.9 Å². The third kappa shape index (κ3) is 5.37. The van der Waals surface area contributed by atoms with Crippen LogP contribution in [0.5, 0.6) is 5.75 Å². The highest BCUT2D eigenvalue weighted by Crippen LogP contribution is 2.25. The lowest BCUT2D eigenvalue weighted by atomic mass is 9.87. The summed E-state index contributed by atoms with van der Waals surface area (Å²) in [6, 6.07) is 13.7. The number of fused-ring (bicyclic) bond motifs is 1. The van der Waals surface area contributed by atoms with Gasteiger partial charge in [-0.2, -0.15) is 0 Å². The number of carbonyl (C=O) groups is 2. The van der Waals surface area contributed by atoms with Crippen LogP contribution < -0.4 is 10.1 Å². The second-order valence-electron chi connectivity index (χ2n) is 8.51. The van der Waals surface area contributed by atoms with E-state index in [-0.39, 0.29) is 23.8 Å². The minimum absolute atomic E-state index is 0.0492. The average molecular weight is 395 g/mol. The van der Waals surface area contributed by atoms with Crippen molar-refractivity contribution in [3.63, 3.8) is 0 Å². The molecule has 3 rings (SSSR count). The topological polar surface area (TPSA) is 58.6 Å². The van der Waals surface area contributed by atoms with Gasteiger partial charge < -0.3 is 15.0 Å². The lowest BCUT2D eigenvalue weighted by molar-refractivity contribution is -0.131. The lowest BCUT2D eigenvalue weighted by Crippen LogP contribution is -2.35. The maximum absolute atomic E-state index is 12.3. The molecule has 0 unspecified atom stereocenters. The van der Waals surface area contributed by atoms with Crippen molar-refractivity contribution in [3.8, 4) is 5.75 Å². The number of anilines is 1. The second-order valence-corrected chi connectivity index (χ2v) is 8.51. The summed E-state index contributed by atoms with van der Waals surface area (Å²) in [7, 11) is 0. The Labute approximate surface area is 173 Å². The van der Waals surface area contributed by atoms with E-state index in [1.165, 1.54) is 11.1 Å². The van der Waals surface area contributed by atoms with Crippen LogP contribution in [0.15, 0.2) is 42.5 Å². The summed E-state index contributed by atoms with van der Waals surface area (Å²) in [4.78, 5) is 26.1. The van der Waals surface area contributed by atoms with Gasteiger partial charge in [0.1, 0.15) is 5.75 Å². The van der Waals surface area contributed by atoms with Crippen LogP contribution in [0.25, 0.3) is 0 Å². The molecule has 0 aliphatic carbocycles. The molecule has 1 aliphatic rings. The smallest absolute Gasteiger partial charge is 0.262 e.